The average molecular weight is 289 g/mol. The molecule has 0 radical (unpaired) electrons. The van der Waals surface area contributed by atoms with Crippen LogP contribution in [0.4, 0.5) is 0 Å². The standard InChI is InChI=1S/C18H27NO2/c1-17(2,3)21-15-10-14(11-15)19-18(12-20)9-8-13-6-4-5-7-16(13)18/h4-7,14-15,19-20H,8-12H2,1-3H3. The monoisotopic (exact) mass is 289 g/mol. The lowest BCUT2D eigenvalue weighted by Gasteiger charge is -2.44. The molecule has 0 spiro atoms. The number of ether oxygens (including phenoxy) is 1. The second kappa shape index (κ2) is 5.38. The van der Waals surface area contributed by atoms with Crippen molar-refractivity contribution in [3.8, 4) is 0 Å². The maximum Gasteiger partial charge on any atom is 0.0677 e. The first-order chi connectivity index (χ1) is 9.92. The fourth-order valence-electron chi connectivity index (χ4n) is 3.72. The molecule has 1 unspecified atom stereocenters. The zero-order valence-electron chi connectivity index (χ0n) is 13.4. The van der Waals surface area contributed by atoms with E-state index in [1.807, 2.05) is 0 Å². The molecule has 1 aromatic carbocycles. The molecule has 3 heteroatoms. The summed E-state index contributed by atoms with van der Waals surface area (Å²) < 4.78 is 6.00. The van der Waals surface area contributed by atoms with E-state index in [-0.39, 0.29) is 17.7 Å². The van der Waals surface area contributed by atoms with Gasteiger partial charge in [-0.25, -0.2) is 0 Å². The van der Waals surface area contributed by atoms with E-state index in [1.165, 1.54) is 11.1 Å². The minimum atomic E-state index is -0.242. The number of benzene rings is 1. The summed E-state index contributed by atoms with van der Waals surface area (Å²) in [6.45, 7) is 6.49. The molecule has 1 saturated carbocycles. The van der Waals surface area contributed by atoms with Crippen molar-refractivity contribution in [1.82, 2.24) is 5.32 Å². The van der Waals surface area contributed by atoms with Crippen molar-refractivity contribution >= 4 is 0 Å². The fraction of sp³-hybridized carbons (Fsp3) is 0.667. The van der Waals surface area contributed by atoms with Crippen molar-refractivity contribution in [2.75, 3.05) is 6.61 Å². The van der Waals surface area contributed by atoms with Crippen LogP contribution in [-0.2, 0) is 16.7 Å². The molecule has 0 bridgehead atoms. The Morgan fingerprint density at radius 3 is 2.67 bits per heavy atom. The highest BCUT2D eigenvalue weighted by Gasteiger charge is 2.43. The van der Waals surface area contributed by atoms with Crippen molar-refractivity contribution < 1.29 is 9.84 Å². The first kappa shape index (κ1) is 15.0. The summed E-state index contributed by atoms with van der Waals surface area (Å²) in [5, 5.41) is 13.7. The van der Waals surface area contributed by atoms with Gasteiger partial charge in [0.15, 0.2) is 0 Å². The minimum absolute atomic E-state index is 0.0652. The van der Waals surface area contributed by atoms with Gasteiger partial charge < -0.3 is 15.2 Å². The Bertz CT molecular complexity index is 502. The maximum atomic E-state index is 9.99. The molecule has 0 aromatic heterocycles. The van der Waals surface area contributed by atoms with Crippen molar-refractivity contribution in [3.63, 3.8) is 0 Å². The van der Waals surface area contributed by atoms with Crippen molar-refractivity contribution in [2.24, 2.45) is 0 Å². The van der Waals surface area contributed by atoms with Crippen LogP contribution in [-0.4, -0.2) is 29.5 Å². The fourth-order valence-corrected chi connectivity index (χ4v) is 3.72. The molecule has 1 aromatic rings. The third-order valence-corrected chi connectivity index (χ3v) is 4.72. The quantitative estimate of drug-likeness (QED) is 0.895. The van der Waals surface area contributed by atoms with Crippen LogP contribution in [0.5, 0.6) is 0 Å². The second-order valence-electron chi connectivity index (χ2n) is 7.56. The number of nitrogens with one attached hydrogen (secondary N) is 1. The lowest BCUT2D eigenvalue weighted by molar-refractivity contribution is -0.107. The highest BCUT2D eigenvalue weighted by Crippen LogP contribution is 2.39. The summed E-state index contributed by atoms with van der Waals surface area (Å²) >= 11 is 0. The molecule has 2 aliphatic rings. The third kappa shape index (κ3) is 3.01. The summed E-state index contributed by atoms with van der Waals surface area (Å²) in [6.07, 6.45) is 4.49. The Morgan fingerprint density at radius 2 is 2.00 bits per heavy atom. The van der Waals surface area contributed by atoms with Crippen molar-refractivity contribution in [3.05, 3.63) is 35.4 Å². The first-order valence-corrected chi connectivity index (χ1v) is 8.07. The Morgan fingerprint density at radius 1 is 1.29 bits per heavy atom. The van der Waals surface area contributed by atoms with Gasteiger partial charge in [-0.15, -0.1) is 0 Å². The van der Waals surface area contributed by atoms with E-state index in [0.717, 1.165) is 25.7 Å². The van der Waals surface area contributed by atoms with Crippen LogP contribution in [0.1, 0.15) is 51.2 Å². The van der Waals surface area contributed by atoms with Crippen LogP contribution >= 0.6 is 0 Å². The van der Waals surface area contributed by atoms with Gasteiger partial charge in [-0.05, 0) is 57.6 Å². The van der Waals surface area contributed by atoms with E-state index in [0.29, 0.717) is 12.1 Å². The Kier molecular flexibility index (Phi) is 3.85. The minimum Gasteiger partial charge on any atom is -0.394 e. The Balaban J connectivity index is 1.63. The summed E-state index contributed by atoms with van der Waals surface area (Å²) in [5.74, 6) is 0. The summed E-state index contributed by atoms with van der Waals surface area (Å²) in [4.78, 5) is 0. The first-order valence-electron chi connectivity index (χ1n) is 8.07. The van der Waals surface area contributed by atoms with Crippen molar-refractivity contribution in [2.45, 2.75) is 69.7 Å². The molecular weight excluding hydrogens is 262 g/mol. The van der Waals surface area contributed by atoms with Gasteiger partial charge in [-0.3, -0.25) is 0 Å². The van der Waals surface area contributed by atoms with E-state index < -0.39 is 0 Å². The number of fused-ring (bicyclic) bond motifs is 1. The van der Waals surface area contributed by atoms with Gasteiger partial charge in [0.05, 0.1) is 23.9 Å². The molecule has 0 amide bonds. The van der Waals surface area contributed by atoms with Crippen LogP contribution in [0, 0.1) is 0 Å². The summed E-state index contributed by atoms with van der Waals surface area (Å²) in [5.41, 5.74) is 2.35. The average Bonchev–Trinajstić information content (AvgIpc) is 2.75. The highest BCUT2D eigenvalue weighted by molar-refractivity contribution is 5.39. The van der Waals surface area contributed by atoms with E-state index >= 15 is 0 Å². The highest BCUT2D eigenvalue weighted by atomic mass is 16.5. The molecule has 116 valence electrons. The zero-order valence-corrected chi connectivity index (χ0v) is 13.4. The predicted molar refractivity (Wildman–Crippen MR) is 84.3 cm³/mol. The van der Waals surface area contributed by atoms with E-state index in [1.54, 1.807) is 0 Å². The lowest BCUT2D eigenvalue weighted by atomic mass is 9.83. The molecule has 2 aliphatic carbocycles. The molecule has 2 N–H and O–H groups in total. The third-order valence-electron chi connectivity index (χ3n) is 4.72. The SMILES string of the molecule is CC(C)(C)OC1CC(NC2(CO)CCc3ccccc32)C1. The van der Waals surface area contributed by atoms with Gasteiger partial charge >= 0.3 is 0 Å². The number of rotatable bonds is 4. The Hall–Kier alpha value is -0.900. The zero-order chi connectivity index (χ0) is 15.1. The van der Waals surface area contributed by atoms with E-state index in [9.17, 15) is 5.11 Å². The lowest BCUT2D eigenvalue weighted by Crippen LogP contribution is -2.56. The number of aliphatic hydroxyl groups is 1. The number of hydrogen-bond donors (Lipinski definition) is 2. The van der Waals surface area contributed by atoms with E-state index in [2.05, 4.69) is 50.4 Å². The summed E-state index contributed by atoms with van der Waals surface area (Å²) in [6, 6.07) is 8.95. The number of aryl methyl sites for hydroxylation is 1. The predicted octanol–water partition coefficient (Wildman–Crippen LogP) is 2.76. The maximum absolute atomic E-state index is 9.99. The van der Waals surface area contributed by atoms with Gasteiger partial charge in [0.25, 0.3) is 0 Å². The summed E-state index contributed by atoms with van der Waals surface area (Å²) in [7, 11) is 0. The van der Waals surface area contributed by atoms with Gasteiger partial charge in [0, 0.05) is 6.04 Å². The molecule has 1 fully saturated rings. The number of aliphatic hydroxyl groups excluding tert-OH is 1. The largest absolute Gasteiger partial charge is 0.394 e. The normalized spacial score (nSPS) is 31.8. The van der Waals surface area contributed by atoms with Crippen LogP contribution in [0.3, 0.4) is 0 Å². The van der Waals surface area contributed by atoms with Gasteiger partial charge in [-0.1, -0.05) is 24.3 Å². The van der Waals surface area contributed by atoms with Crippen LogP contribution in [0.15, 0.2) is 24.3 Å². The van der Waals surface area contributed by atoms with Gasteiger partial charge in [0.2, 0.25) is 0 Å². The smallest absolute Gasteiger partial charge is 0.0677 e. The van der Waals surface area contributed by atoms with Crippen molar-refractivity contribution in [1.29, 1.82) is 0 Å². The van der Waals surface area contributed by atoms with Crippen LogP contribution in [0.25, 0.3) is 0 Å². The van der Waals surface area contributed by atoms with Crippen LogP contribution in [0.2, 0.25) is 0 Å². The molecule has 1 atom stereocenters. The van der Waals surface area contributed by atoms with Crippen LogP contribution < -0.4 is 5.32 Å². The Labute approximate surface area is 127 Å². The van der Waals surface area contributed by atoms with Gasteiger partial charge in [0.1, 0.15) is 0 Å². The second-order valence-corrected chi connectivity index (χ2v) is 7.56. The molecule has 0 saturated heterocycles. The molecule has 3 rings (SSSR count). The molecular formula is C18H27NO2. The molecule has 0 heterocycles. The van der Waals surface area contributed by atoms with E-state index in [4.69, 9.17) is 4.74 Å². The topological polar surface area (TPSA) is 41.5 Å². The molecule has 21 heavy (non-hydrogen) atoms. The number of hydrogen-bond acceptors (Lipinski definition) is 3. The molecule has 0 aliphatic heterocycles. The molecule has 3 nitrogen and oxygen atoms in total. The van der Waals surface area contributed by atoms with Gasteiger partial charge in [-0.2, -0.15) is 0 Å².